The highest BCUT2D eigenvalue weighted by atomic mass is 35.5. The zero-order chi connectivity index (χ0) is 26.9. The highest BCUT2D eigenvalue weighted by molar-refractivity contribution is 7.15. The quantitative estimate of drug-likeness (QED) is 0.331. The van der Waals surface area contributed by atoms with Gasteiger partial charge < -0.3 is 9.64 Å². The molecule has 3 heterocycles. The van der Waals surface area contributed by atoms with Gasteiger partial charge in [-0.05, 0) is 37.4 Å². The van der Waals surface area contributed by atoms with Gasteiger partial charge in [-0.25, -0.2) is 9.78 Å². The highest BCUT2D eigenvalue weighted by Crippen LogP contribution is 2.34. The van der Waals surface area contributed by atoms with Gasteiger partial charge in [0, 0.05) is 43.9 Å². The average Bonchev–Trinajstić information content (AvgIpc) is 3.50. The summed E-state index contributed by atoms with van der Waals surface area (Å²) in [5, 5.41) is 4.60. The fraction of sp³-hybridized carbons (Fsp3) is 0.320. The molecule has 1 aliphatic rings. The SMILES string of the molecule is CN1CCN(Cc2nc(-c3ccc(C(F)(F)F)cc3)sc2COc2ccc(-c3noc(=O)[nH]3)c(Cl)c2)CC1. The van der Waals surface area contributed by atoms with Crippen LogP contribution in [0.25, 0.3) is 22.0 Å². The first kappa shape index (κ1) is 26.4. The third kappa shape index (κ3) is 6.09. The number of nitrogens with one attached hydrogen (secondary N) is 1. The number of piperazine rings is 1. The number of nitrogens with zero attached hydrogens (tertiary/aromatic N) is 4. The Morgan fingerprint density at radius 2 is 1.87 bits per heavy atom. The fourth-order valence-corrected chi connectivity index (χ4v) is 5.28. The maximum atomic E-state index is 13.0. The lowest BCUT2D eigenvalue weighted by Crippen LogP contribution is -2.44. The number of halogens is 4. The van der Waals surface area contributed by atoms with Crippen LogP contribution in [0.3, 0.4) is 0 Å². The number of alkyl halides is 3. The van der Waals surface area contributed by atoms with Crippen LogP contribution in [0.2, 0.25) is 5.02 Å². The van der Waals surface area contributed by atoms with Crippen LogP contribution in [-0.4, -0.2) is 58.2 Å². The van der Waals surface area contributed by atoms with Crippen LogP contribution in [0.5, 0.6) is 5.75 Å². The molecule has 1 saturated heterocycles. The Morgan fingerprint density at radius 3 is 2.50 bits per heavy atom. The van der Waals surface area contributed by atoms with E-state index in [0.29, 0.717) is 33.5 Å². The molecule has 0 radical (unpaired) electrons. The predicted molar refractivity (Wildman–Crippen MR) is 137 cm³/mol. The first-order valence-electron chi connectivity index (χ1n) is 11.7. The second-order valence-electron chi connectivity index (χ2n) is 8.92. The number of rotatable bonds is 7. The molecule has 8 nitrogen and oxygen atoms in total. The molecule has 0 aliphatic carbocycles. The maximum absolute atomic E-state index is 13.0. The third-order valence-electron chi connectivity index (χ3n) is 6.21. The molecule has 2 aromatic carbocycles. The van der Waals surface area contributed by atoms with Crippen LogP contribution in [0.1, 0.15) is 16.1 Å². The van der Waals surface area contributed by atoms with Gasteiger partial charge in [-0.15, -0.1) is 11.3 Å². The lowest BCUT2D eigenvalue weighted by molar-refractivity contribution is -0.137. The summed E-state index contributed by atoms with van der Waals surface area (Å²) in [5.74, 6) is 0.0302. The summed E-state index contributed by atoms with van der Waals surface area (Å²) in [5.41, 5.74) is 1.23. The Kier molecular flexibility index (Phi) is 7.57. The van der Waals surface area contributed by atoms with Crippen molar-refractivity contribution in [3.05, 3.63) is 74.2 Å². The fourth-order valence-electron chi connectivity index (χ4n) is 4.04. The normalized spacial score (nSPS) is 15.2. The Hall–Kier alpha value is -3.19. The molecule has 1 aliphatic heterocycles. The first-order valence-corrected chi connectivity index (χ1v) is 12.9. The van der Waals surface area contributed by atoms with Gasteiger partial charge in [0.25, 0.3) is 0 Å². The van der Waals surface area contributed by atoms with Gasteiger partial charge in [-0.2, -0.15) is 13.2 Å². The summed E-state index contributed by atoms with van der Waals surface area (Å²) in [6, 6.07) is 10.00. The standard InChI is InChI=1S/C25H23ClF3N5O3S/c1-33-8-10-34(11-9-33)13-20-21(38-23(30-20)15-2-4-16(5-3-15)25(27,28)29)14-36-17-6-7-18(19(26)12-17)22-31-24(35)37-32-22/h2-7,12H,8-11,13-14H2,1H3,(H,31,32,35). The second kappa shape index (κ2) is 10.9. The molecule has 5 rings (SSSR count). The van der Waals surface area contributed by atoms with Crippen molar-refractivity contribution in [2.75, 3.05) is 33.2 Å². The van der Waals surface area contributed by atoms with Crippen LogP contribution in [0.15, 0.2) is 51.8 Å². The topological polar surface area (TPSA) is 87.5 Å². The molecular weight excluding hydrogens is 543 g/mol. The second-order valence-corrected chi connectivity index (χ2v) is 10.4. The molecular formula is C25H23ClF3N5O3S. The van der Waals surface area contributed by atoms with E-state index in [1.807, 2.05) is 0 Å². The molecule has 1 fully saturated rings. The summed E-state index contributed by atoms with van der Waals surface area (Å²) in [6.45, 7) is 4.50. The number of aromatic nitrogens is 3. The van der Waals surface area contributed by atoms with E-state index >= 15 is 0 Å². The van der Waals surface area contributed by atoms with Crippen LogP contribution < -0.4 is 10.5 Å². The molecule has 0 amide bonds. The molecule has 38 heavy (non-hydrogen) atoms. The first-order chi connectivity index (χ1) is 18.2. The van der Waals surface area contributed by atoms with Gasteiger partial charge in [0.05, 0.1) is 21.2 Å². The van der Waals surface area contributed by atoms with Crippen molar-refractivity contribution in [2.24, 2.45) is 0 Å². The summed E-state index contributed by atoms with van der Waals surface area (Å²) in [7, 11) is 2.08. The lowest BCUT2D eigenvalue weighted by atomic mass is 10.1. The zero-order valence-electron chi connectivity index (χ0n) is 20.2. The number of likely N-dealkylation sites (N-methyl/N-ethyl adjacent to an activating group) is 1. The van der Waals surface area contributed by atoms with Crippen LogP contribution in [0, 0.1) is 0 Å². The number of benzene rings is 2. The summed E-state index contributed by atoms with van der Waals surface area (Å²) < 4.78 is 49.6. The molecule has 0 saturated carbocycles. The Labute approximate surface area is 224 Å². The van der Waals surface area contributed by atoms with Gasteiger partial charge in [-0.3, -0.25) is 14.4 Å². The minimum atomic E-state index is -4.40. The van der Waals surface area contributed by atoms with E-state index < -0.39 is 17.5 Å². The van der Waals surface area contributed by atoms with E-state index in [4.69, 9.17) is 21.3 Å². The monoisotopic (exact) mass is 565 g/mol. The van der Waals surface area contributed by atoms with Crippen molar-refractivity contribution >= 4 is 22.9 Å². The third-order valence-corrected chi connectivity index (χ3v) is 7.65. The summed E-state index contributed by atoms with van der Waals surface area (Å²) >= 11 is 7.76. The van der Waals surface area contributed by atoms with Crippen molar-refractivity contribution < 1.29 is 22.4 Å². The Morgan fingerprint density at radius 1 is 1.13 bits per heavy atom. The number of ether oxygens (including phenoxy) is 1. The number of aromatic amines is 1. The van der Waals surface area contributed by atoms with Gasteiger partial charge >= 0.3 is 11.9 Å². The predicted octanol–water partition coefficient (Wildman–Crippen LogP) is 5.15. The Balaban J connectivity index is 1.37. The minimum absolute atomic E-state index is 0.206. The molecule has 2 aromatic heterocycles. The smallest absolute Gasteiger partial charge is 0.439 e. The van der Waals surface area contributed by atoms with E-state index in [1.54, 1.807) is 18.2 Å². The van der Waals surface area contributed by atoms with E-state index in [2.05, 4.69) is 31.5 Å². The Bertz CT molecular complexity index is 1460. The number of thiazole rings is 1. The number of H-pyrrole nitrogens is 1. The van der Waals surface area contributed by atoms with Crippen molar-refractivity contribution in [2.45, 2.75) is 19.3 Å². The molecule has 0 spiro atoms. The highest BCUT2D eigenvalue weighted by Gasteiger charge is 2.30. The summed E-state index contributed by atoms with van der Waals surface area (Å²) in [6.07, 6.45) is -4.40. The molecule has 4 aromatic rings. The van der Waals surface area contributed by atoms with Gasteiger partial charge in [0.2, 0.25) is 0 Å². The van der Waals surface area contributed by atoms with E-state index in [-0.39, 0.29) is 12.4 Å². The molecule has 0 bridgehead atoms. The minimum Gasteiger partial charge on any atom is -0.488 e. The molecule has 0 unspecified atom stereocenters. The van der Waals surface area contributed by atoms with Gasteiger partial charge in [0.15, 0.2) is 5.82 Å². The maximum Gasteiger partial charge on any atom is 0.439 e. The van der Waals surface area contributed by atoms with E-state index in [0.717, 1.165) is 48.9 Å². The van der Waals surface area contributed by atoms with E-state index in [9.17, 15) is 18.0 Å². The van der Waals surface area contributed by atoms with Crippen LogP contribution in [-0.2, 0) is 19.3 Å². The molecule has 13 heteroatoms. The van der Waals surface area contributed by atoms with Crippen molar-refractivity contribution in [1.82, 2.24) is 24.9 Å². The molecule has 200 valence electrons. The largest absolute Gasteiger partial charge is 0.488 e. The number of hydrogen-bond donors (Lipinski definition) is 1. The summed E-state index contributed by atoms with van der Waals surface area (Å²) in [4.78, 5) is 23.9. The molecule has 1 N–H and O–H groups in total. The van der Waals surface area contributed by atoms with E-state index in [1.165, 1.54) is 23.5 Å². The van der Waals surface area contributed by atoms with Crippen LogP contribution in [0.4, 0.5) is 13.2 Å². The van der Waals surface area contributed by atoms with Crippen molar-refractivity contribution in [1.29, 1.82) is 0 Å². The average molecular weight is 566 g/mol. The van der Waals surface area contributed by atoms with Crippen LogP contribution >= 0.6 is 22.9 Å². The van der Waals surface area contributed by atoms with Crippen molar-refractivity contribution in [3.63, 3.8) is 0 Å². The number of hydrogen-bond acceptors (Lipinski definition) is 8. The molecule has 0 atom stereocenters. The van der Waals surface area contributed by atoms with Crippen molar-refractivity contribution in [3.8, 4) is 27.7 Å². The van der Waals surface area contributed by atoms with Gasteiger partial charge in [-0.1, -0.05) is 28.9 Å². The van der Waals surface area contributed by atoms with Gasteiger partial charge in [0.1, 0.15) is 17.4 Å². The zero-order valence-corrected chi connectivity index (χ0v) is 21.8. The lowest BCUT2D eigenvalue weighted by Gasteiger charge is -2.32.